The Kier molecular flexibility index (Phi) is 4.62. The predicted molar refractivity (Wildman–Crippen MR) is 77.4 cm³/mol. The summed E-state index contributed by atoms with van der Waals surface area (Å²) < 4.78 is 0. The maximum Gasteiger partial charge on any atom is 0.186 e. The molecular formula is C14H24N2OS. The van der Waals surface area contributed by atoms with Crippen molar-refractivity contribution in [3.8, 4) is 0 Å². The average molecular weight is 268 g/mol. The number of hydrogen-bond donors (Lipinski definition) is 1. The van der Waals surface area contributed by atoms with Crippen LogP contribution in [0.4, 0.5) is 5.13 Å². The third-order valence-electron chi connectivity index (χ3n) is 3.64. The van der Waals surface area contributed by atoms with Crippen LogP contribution >= 0.6 is 11.3 Å². The third-order valence-corrected chi connectivity index (χ3v) is 4.73. The van der Waals surface area contributed by atoms with E-state index in [1.807, 2.05) is 0 Å². The molecule has 1 aromatic rings. The van der Waals surface area contributed by atoms with Crippen LogP contribution in [0.1, 0.15) is 62.9 Å². The van der Waals surface area contributed by atoms with Gasteiger partial charge in [0.15, 0.2) is 5.13 Å². The van der Waals surface area contributed by atoms with E-state index in [1.165, 1.54) is 12.8 Å². The van der Waals surface area contributed by atoms with Crippen LogP contribution in [-0.2, 0) is 6.61 Å². The van der Waals surface area contributed by atoms with E-state index >= 15 is 0 Å². The molecule has 1 aromatic heterocycles. The number of rotatable bonds is 7. The molecule has 0 aromatic carbocycles. The maximum atomic E-state index is 9.49. The fraction of sp³-hybridized carbons (Fsp3) is 0.786. The van der Waals surface area contributed by atoms with Crippen LogP contribution in [0.2, 0.25) is 0 Å². The SMILES string of the molecule is CCCN(c1nc(C(C)CC)c(CO)s1)C1CC1. The van der Waals surface area contributed by atoms with Crippen molar-refractivity contribution in [1.82, 2.24) is 4.98 Å². The number of hydrogen-bond acceptors (Lipinski definition) is 4. The highest BCUT2D eigenvalue weighted by Crippen LogP contribution is 2.37. The minimum absolute atomic E-state index is 0.127. The van der Waals surface area contributed by atoms with E-state index in [-0.39, 0.29) is 6.61 Å². The summed E-state index contributed by atoms with van der Waals surface area (Å²) in [4.78, 5) is 8.31. The molecule has 0 aliphatic heterocycles. The maximum absolute atomic E-state index is 9.49. The normalized spacial score (nSPS) is 16.9. The van der Waals surface area contributed by atoms with Gasteiger partial charge in [0.1, 0.15) is 0 Å². The van der Waals surface area contributed by atoms with E-state index in [4.69, 9.17) is 4.98 Å². The van der Waals surface area contributed by atoms with Crippen molar-refractivity contribution in [1.29, 1.82) is 0 Å². The largest absolute Gasteiger partial charge is 0.391 e. The van der Waals surface area contributed by atoms with Gasteiger partial charge in [0.25, 0.3) is 0 Å². The number of nitrogens with zero attached hydrogens (tertiary/aromatic N) is 2. The summed E-state index contributed by atoms with van der Waals surface area (Å²) in [5.74, 6) is 0.444. The van der Waals surface area contributed by atoms with Crippen molar-refractivity contribution >= 4 is 16.5 Å². The second kappa shape index (κ2) is 6.02. The molecule has 102 valence electrons. The molecule has 1 saturated carbocycles. The molecule has 1 unspecified atom stereocenters. The molecule has 2 rings (SSSR count). The fourth-order valence-corrected chi connectivity index (χ4v) is 3.36. The summed E-state index contributed by atoms with van der Waals surface area (Å²) in [6.45, 7) is 7.80. The van der Waals surface area contributed by atoms with Gasteiger partial charge in [-0.1, -0.05) is 32.1 Å². The lowest BCUT2D eigenvalue weighted by molar-refractivity contribution is 0.283. The molecule has 1 aliphatic carbocycles. The van der Waals surface area contributed by atoms with E-state index in [0.29, 0.717) is 12.0 Å². The molecule has 0 bridgehead atoms. The highest BCUT2D eigenvalue weighted by atomic mass is 32.1. The van der Waals surface area contributed by atoms with Gasteiger partial charge in [0.05, 0.1) is 17.2 Å². The second-order valence-corrected chi connectivity index (χ2v) is 6.26. The Hall–Kier alpha value is -0.610. The van der Waals surface area contributed by atoms with Crippen LogP contribution in [0.5, 0.6) is 0 Å². The first-order valence-electron chi connectivity index (χ1n) is 7.08. The number of aliphatic hydroxyl groups is 1. The topological polar surface area (TPSA) is 36.4 Å². The number of aliphatic hydroxyl groups excluding tert-OH is 1. The quantitative estimate of drug-likeness (QED) is 0.822. The van der Waals surface area contributed by atoms with E-state index in [9.17, 15) is 5.11 Å². The van der Waals surface area contributed by atoms with Gasteiger partial charge in [-0.15, -0.1) is 0 Å². The number of thiazole rings is 1. The summed E-state index contributed by atoms with van der Waals surface area (Å²) >= 11 is 1.68. The lowest BCUT2D eigenvalue weighted by atomic mass is 10.0. The Balaban J connectivity index is 2.24. The van der Waals surface area contributed by atoms with Crippen molar-refractivity contribution in [2.24, 2.45) is 0 Å². The second-order valence-electron chi connectivity index (χ2n) is 5.20. The smallest absolute Gasteiger partial charge is 0.186 e. The van der Waals surface area contributed by atoms with E-state index in [1.54, 1.807) is 11.3 Å². The zero-order valence-electron chi connectivity index (χ0n) is 11.6. The first kappa shape index (κ1) is 13.8. The third kappa shape index (κ3) is 2.86. The van der Waals surface area contributed by atoms with Gasteiger partial charge < -0.3 is 10.0 Å². The Bertz CT molecular complexity index is 387. The lowest BCUT2D eigenvalue weighted by Gasteiger charge is -2.20. The van der Waals surface area contributed by atoms with Gasteiger partial charge in [-0.05, 0) is 31.6 Å². The van der Waals surface area contributed by atoms with Crippen LogP contribution in [0.3, 0.4) is 0 Å². The average Bonchev–Trinajstić information content (AvgIpc) is 3.13. The van der Waals surface area contributed by atoms with Crippen LogP contribution in [0.15, 0.2) is 0 Å². The predicted octanol–water partition coefficient (Wildman–Crippen LogP) is 3.53. The first-order valence-corrected chi connectivity index (χ1v) is 7.89. The minimum Gasteiger partial charge on any atom is -0.391 e. The van der Waals surface area contributed by atoms with Gasteiger partial charge in [0.2, 0.25) is 0 Å². The highest BCUT2D eigenvalue weighted by Gasteiger charge is 2.31. The van der Waals surface area contributed by atoms with Crippen molar-refractivity contribution in [3.63, 3.8) is 0 Å². The molecule has 1 atom stereocenters. The van der Waals surface area contributed by atoms with Crippen LogP contribution < -0.4 is 4.90 Å². The summed E-state index contributed by atoms with van der Waals surface area (Å²) in [6.07, 6.45) is 4.83. The molecule has 1 heterocycles. The van der Waals surface area contributed by atoms with Crippen LogP contribution in [0, 0.1) is 0 Å². The van der Waals surface area contributed by atoms with E-state index in [0.717, 1.165) is 35.1 Å². The van der Waals surface area contributed by atoms with Crippen molar-refractivity contribution in [3.05, 3.63) is 10.6 Å². The van der Waals surface area contributed by atoms with E-state index in [2.05, 4.69) is 25.7 Å². The lowest BCUT2D eigenvalue weighted by Crippen LogP contribution is -2.26. The summed E-state index contributed by atoms with van der Waals surface area (Å²) in [5.41, 5.74) is 1.11. The molecule has 0 spiro atoms. The Morgan fingerprint density at radius 3 is 2.67 bits per heavy atom. The van der Waals surface area contributed by atoms with Gasteiger partial charge in [-0.3, -0.25) is 0 Å². The molecule has 18 heavy (non-hydrogen) atoms. The summed E-state index contributed by atoms with van der Waals surface area (Å²) in [6, 6.07) is 0.701. The fourth-order valence-electron chi connectivity index (χ4n) is 2.23. The molecular weight excluding hydrogens is 244 g/mol. The van der Waals surface area contributed by atoms with Gasteiger partial charge in [-0.25, -0.2) is 4.98 Å². The Labute approximate surface area is 114 Å². The van der Waals surface area contributed by atoms with Gasteiger partial charge in [-0.2, -0.15) is 0 Å². The zero-order chi connectivity index (χ0) is 13.1. The molecule has 4 heteroatoms. The molecule has 3 nitrogen and oxygen atoms in total. The molecule has 0 saturated heterocycles. The molecule has 1 aliphatic rings. The van der Waals surface area contributed by atoms with Gasteiger partial charge >= 0.3 is 0 Å². The van der Waals surface area contributed by atoms with E-state index < -0.39 is 0 Å². The number of aromatic nitrogens is 1. The van der Waals surface area contributed by atoms with Crippen LogP contribution in [-0.4, -0.2) is 22.7 Å². The monoisotopic (exact) mass is 268 g/mol. The summed E-state index contributed by atoms with van der Waals surface area (Å²) in [5, 5.41) is 10.6. The zero-order valence-corrected chi connectivity index (χ0v) is 12.5. The van der Waals surface area contributed by atoms with Crippen molar-refractivity contribution in [2.45, 2.75) is 65.0 Å². The molecule has 0 amide bonds. The molecule has 0 radical (unpaired) electrons. The van der Waals surface area contributed by atoms with Crippen molar-refractivity contribution < 1.29 is 5.11 Å². The molecule has 1 N–H and O–H groups in total. The van der Waals surface area contributed by atoms with Crippen molar-refractivity contribution in [2.75, 3.05) is 11.4 Å². The standard InChI is InChI=1S/C14H24N2OS/c1-4-8-16(11-6-7-11)14-15-13(10(3)5-2)12(9-17)18-14/h10-11,17H,4-9H2,1-3H3. The Morgan fingerprint density at radius 1 is 1.44 bits per heavy atom. The highest BCUT2D eigenvalue weighted by molar-refractivity contribution is 7.15. The number of anilines is 1. The first-order chi connectivity index (χ1) is 8.71. The van der Waals surface area contributed by atoms with Gasteiger partial charge in [0, 0.05) is 12.6 Å². The van der Waals surface area contributed by atoms with Crippen LogP contribution in [0.25, 0.3) is 0 Å². The minimum atomic E-state index is 0.127. The molecule has 1 fully saturated rings. The Morgan fingerprint density at radius 2 is 2.17 bits per heavy atom. The summed E-state index contributed by atoms with van der Waals surface area (Å²) in [7, 11) is 0.